The smallest absolute Gasteiger partial charge is 0.251 e. The van der Waals surface area contributed by atoms with Crippen molar-refractivity contribution >= 4 is 5.91 Å². The number of nitrogens with one attached hydrogen (secondary N) is 2. The summed E-state index contributed by atoms with van der Waals surface area (Å²) in [4.78, 5) is 16.5. The Morgan fingerprint density at radius 2 is 1.89 bits per heavy atom. The average molecular weight is 386 g/mol. The molecule has 1 amide bonds. The zero-order chi connectivity index (χ0) is 19.6. The van der Waals surface area contributed by atoms with Gasteiger partial charge in [0.05, 0.1) is 0 Å². The van der Waals surface area contributed by atoms with Crippen LogP contribution in [0.15, 0.2) is 28.8 Å². The first-order valence-electron chi connectivity index (χ1n) is 10.3. The fourth-order valence-electron chi connectivity index (χ4n) is 3.38. The van der Waals surface area contributed by atoms with Crippen molar-refractivity contribution in [1.29, 1.82) is 0 Å². The number of aromatic nitrogens is 2. The van der Waals surface area contributed by atoms with E-state index in [-0.39, 0.29) is 12.5 Å². The second kappa shape index (κ2) is 10.8. The minimum Gasteiger partial charge on any atom is -0.485 e. The molecule has 1 heterocycles. The Bertz CT molecular complexity index is 722. The summed E-state index contributed by atoms with van der Waals surface area (Å²) >= 11 is 0. The number of aryl methyl sites for hydroxylation is 1. The Balaban J connectivity index is 1.36. The minimum absolute atomic E-state index is 0.0695. The molecule has 7 heteroatoms. The fraction of sp³-hybridized carbons (Fsp3) is 0.571. The van der Waals surface area contributed by atoms with Gasteiger partial charge in [-0.1, -0.05) is 37.8 Å². The van der Waals surface area contributed by atoms with Gasteiger partial charge >= 0.3 is 0 Å². The lowest BCUT2D eigenvalue weighted by Crippen LogP contribution is -2.36. The molecular weight excluding hydrogens is 356 g/mol. The minimum atomic E-state index is -0.0695. The van der Waals surface area contributed by atoms with Gasteiger partial charge in [-0.2, -0.15) is 4.98 Å². The van der Waals surface area contributed by atoms with Gasteiger partial charge in [0.15, 0.2) is 6.61 Å². The maximum Gasteiger partial charge on any atom is 0.251 e. The number of benzene rings is 1. The van der Waals surface area contributed by atoms with Crippen LogP contribution in [0.2, 0.25) is 0 Å². The molecule has 0 saturated heterocycles. The number of carbonyl (C=O) groups is 1. The van der Waals surface area contributed by atoms with E-state index in [9.17, 15) is 4.79 Å². The molecule has 2 N–H and O–H groups in total. The number of hydrogen-bond donors (Lipinski definition) is 2. The summed E-state index contributed by atoms with van der Waals surface area (Å²) in [5, 5.41) is 10.4. The Morgan fingerprint density at radius 3 is 2.57 bits per heavy atom. The van der Waals surface area contributed by atoms with Crippen LogP contribution < -0.4 is 15.4 Å². The maximum atomic E-state index is 12.3. The summed E-state index contributed by atoms with van der Waals surface area (Å²) in [7, 11) is 0. The van der Waals surface area contributed by atoms with E-state index in [1.165, 1.54) is 38.5 Å². The first kappa shape index (κ1) is 20.3. The van der Waals surface area contributed by atoms with Gasteiger partial charge in [0.25, 0.3) is 5.91 Å². The van der Waals surface area contributed by atoms with Crippen LogP contribution in [0.4, 0.5) is 0 Å². The average Bonchev–Trinajstić information content (AvgIpc) is 3.04. The molecule has 0 unspecified atom stereocenters. The first-order chi connectivity index (χ1) is 13.7. The molecule has 0 bridgehead atoms. The van der Waals surface area contributed by atoms with Crippen LogP contribution in [-0.4, -0.2) is 35.2 Å². The number of hydrogen-bond acceptors (Lipinski definition) is 6. The summed E-state index contributed by atoms with van der Waals surface area (Å²) < 4.78 is 10.7. The molecule has 1 saturated carbocycles. The highest BCUT2D eigenvalue weighted by atomic mass is 16.5. The fourth-order valence-corrected chi connectivity index (χ4v) is 3.38. The normalized spacial score (nSPS) is 15.2. The van der Waals surface area contributed by atoms with Gasteiger partial charge in [-0.15, -0.1) is 0 Å². The molecule has 0 radical (unpaired) electrons. The zero-order valence-corrected chi connectivity index (χ0v) is 16.6. The van der Waals surface area contributed by atoms with Crippen molar-refractivity contribution in [1.82, 2.24) is 20.8 Å². The summed E-state index contributed by atoms with van der Waals surface area (Å²) in [6.45, 7) is 3.63. The van der Waals surface area contributed by atoms with E-state index in [1.54, 1.807) is 24.3 Å². The van der Waals surface area contributed by atoms with Gasteiger partial charge in [-0.25, -0.2) is 0 Å². The van der Waals surface area contributed by atoms with Gasteiger partial charge in [-0.3, -0.25) is 4.79 Å². The van der Waals surface area contributed by atoms with E-state index in [2.05, 4.69) is 20.8 Å². The van der Waals surface area contributed by atoms with Crippen LogP contribution in [-0.2, 0) is 13.0 Å². The Labute approximate surface area is 166 Å². The Hall–Kier alpha value is -2.41. The topological polar surface area (TPSA) is 89.3 Å². The highest BCUT2D eigenvalue weighted by Gasteiger charge is 2.11. The molecule has 2 aromatic rings. The Kier molecular flexibility index (Phi) is 7.84. The van der Waals surface area contributed by atoms with E-state index >= 15 is 0 Å². The van der Waals surface area contributed by atoms with Crippen LogP contribution in [0.3, 0.4) is 0 Å². The second-order valence-electron chi connectivity index (χ2n) is 7.17. The summed E-state index contributed by atoms with van der Waals surface area (Å²) in [5.41, 5.74) is 0.620. The predicted molar refractivity (Wildman–Crippen MR) is 106 cm³/mol. The number of rotatable bonds is 9. The van der Waals surface area contributed by atoms with E-state index in [1.807, 2.05) is 6.92 Å². The van der Waals surface area contributed by atoms with Crippen LogP contribution in [0.5, 0.6) is 5.75 Å². The third-order valence-electron chi connectivity index (χ3n) is 5.00. The van der Waals surface area contributed by atoms with Crippen molar-refractivity contribution in [3.63, 3.8) is 0 Å². The van der Waals surface area contributed by atoms with Crippen molar-refractivity contribution in [2.75, 3.05) is 13.1 Å². The summed E-state index contributed by atoms with van der Waals surface area (Å²) in [6, 6.07) is 7.68. The third-order valence-corrected chi connectivity index (χ3v) is 5.00. The van der Waals surface area contributed by atoms with E-state index in [4.69, 9.17) is 9.26 Å². The first-order valence-corrected chi connectivity index (χ1v) is 10.3. The number of ether oxygens (including phenoxy) is 1. The molecular formula is C21H30N4O3. The summed E-state index contributed by atoms with van der Waals surface area (Å²) in [6.07, 6.45) is 8.52. The van der Waals surface area contributed by atoms with Crippen LogP contribution in [0, 0.1) is 0 Å². The van der Waals surface area contributed by atoms with Crippen molar-refractivity contribution in [2.45, 2.75) is 64.5 Å². The lowest BCUT2D eigenvalue weighted by atomic mass is 10.1. The molecule has 152 valence electrons. The van der Waals surface area contributed by atoms with Gasteiger partial charge < -0.3 is 19.9 Å². The molecule has 1 aromatic heterocycles. The van der Waals surface area contributed by atoms with Crippen LogP contribution >= 0.6 is 0 Å². The summed E-state index contributed by atoms with van der Waals surface area (Å²) in [5.74, 6) is 1.70. The maximum absolute atomic E-state index is 12.3. The monoisotopic (exact) mass is 386 g/mol. The van der Waals surface area contributed by atoms with E-state index < -0.39 is 0 Å². The lowest BCUT2D eigenvalue weighted by Gasteiger charge is -2.16. The molecule has 1 aromatic carbocycles. The van der Waals surface area contributed by atoms with Gasteiger partial charge in [0.1, 0.15) is 5.75 Å². The molecule has 7 nitrogen and oxygen atoms in total. The van der Waals surface area contributed by atoms with Crippen molar-refractivity contribution in [2.24, 2.45) is 0 Å². The third kappa shape index (κ3) is 6.34. The van der Waals surface area contributed by atoms with E-state index in [0.29, 0.717) is 42.0 Å². The van der Waals surface area contributed by atoms with Crippen molar-refractivity contribution in [3.05, 3.63) is 41.5 Å². The second-order valence-corrected chi connectivity index (χ2v) is 7.17. The number of carbonyl (C=O) groups excluding carboxylic acids is 1. The standard InChI is InChI=1S/C21H30N4O3/c1-2-20-24-19(25-28-20)15-27-18-11-9-16(10-12-18)21(26)23-14-13-22-17-7-5-3-4-6-8-17/h9-12,17,22H,2-8,13-15H2,1H3,(H,23,26). The molecule has 0 spiro atoms. The van der Waals surface area contributed by atoms with Gasteiger partial charge in [0.2, 0.25) is 11.7 Å². The van der Waals surface area contributed by atoms with Crippen molar-refractivity contribution < 1.29 is 14.1 Å². The quantitative estimate of drug-likeness (QED) is 0.508. The highest BCUT2D eigenvalue weighted by molar-refractivity contribution is 5.94. The largest absolute Gasteiger partial charge is 0.485 e. The molecule has 3 rings (SSSR count). The van der Waals surface area contributed by atoms with Crippen molar-refractivity contribution in [3.8, 4) is 5.75 Å². The molecule has 1 aliphatic rings. The molecule has 1 aliphatic carbocycles. The molecule has 0 atom stereocenters. The van der Waals surface area contributed by atoms with Crippen LogP contribution in [0.1, 0.15) is 67.5 Å². The SMILES string of the molecule is CCc1nc(COc2ccc(C(=O)NCCNC3CCCCCC3)cc2)no1. The Morgan fingerprint density at radius 1 is 1.14 bits per heavy atom. The lowest BCUT2D eigenvalue weighted by molar-refractivity contribution is 0.0953. The van der Waals surface area contributed by atoms with Gasteiger partial charge in [0, 0.05) is 31.1 Å². The van der Waals surface area contributed by atoms with E-state index in [0.717, 1.165) is 6.54 Å². The van der Waals surface area contributed by atoms with Gasteiger partial charge in [-0.05, 0) is 37.1 Å². The molecule has 0 aliphatic heterocycles. The number of amides is 1. The highest BCUT2D eigenvalue weighted by Crippen LogP contribution is 2.17. The van der Waals surface area contributed by atoms with Crippen LogP contribution in [0.25, 0.3) is 0 Å². The zero-order valence-electron chi connectivity index (χ0n) is 16.6. The number of nitrogens with zero attached hydrogens (tertiary/aromatic N) is 2. The predicted octanol–water partition coefficient (Wildman–Crippen LogP) is 3.25. The molecule has 28 heavy (non-hydrogen) atoms. The molecule has 1 fully saturated rings.